The molecule has 15 heavy (non-hydrogen) atoms. The van der Waals surface area contributed by atoms with Crippen molar-refractivity contribution in [1.82, 2.24) is 0 Å². The lowest BCUT2D eigenvalue weighted by atomic mass is 9.95. The molecule has 0 atom stereocenters. The van der Waals surface area contributed by atoms with Crippen molar-refractivity contribution in [3.63, 3.8) is 0 Å². The molecule has 0 aromatic carbocycles. The fourth-order valence-electron chi connectivity index (χ4n) is 0.357. The Labute approximate surface area is 91.7 Å². The van der Waals surface area contributed by atoms with Crippen molar-refractivity contribution in [2.75, 3.05) is 0 Å². The van der Waals surface area contributed by atoms with Gasteiger partial charge in [-0.25, -0.2) is 4.79 Å². The normalized spacial score (nSPS) is 13.1. The van der Waals surface area contributed by atoms with Crippen molar-refractivity contribution in [1.29, 1.82) is 0 Å². The van der Waals surface area contributed by atoms with E-state index < -0.39 is 17.0 Å². The predicted octanol–water partition coefficient (Wildman–Crippen LogP) is 2.87. The molecule has 0 fully saturated rings. The Bertz CT molecular complexity index is 213. The highest BCUT2D eigenvalue weighted by Gasteiger charge is 2.28. The zero-order valence-corrected chi connectivity index (χ0v) is 10.7. The van der Waals surface area contributed by atoms with Crippen molar-refractivity contribution < 1.29 is 19.6 Å². The first kappa shape index (κ1) is 14.4. The quantitative estimate of drug-likeness (QED) is 0.537. The average Bonchev–Trinajstić information content (AvgIpc) is 2.01. The van der Waals surface area contributed by atoms with Gasteiger partial charge in [-0.15, -0.1) is 0 Å². The Hall–Kier alpha value is -0.610. The summed E-state index contributed by atoms with van der Waals surface area (Å²) in [4.78, 5) is 20.8. The maximum absolute atomic E-state index is 11.3. The lowest BCUT2D eigenvalue weighted by Gasteiger charge is -2.26. The van der Waals surface area contributed by atoms with Crippen LogP contribution in [0.1, 0.15) is 48.5 Å². The van der Waals surface area contributed by atoms with Crippen molar-refractivity contribution >= 4 is 5.97 Å². The van der Waals surface area contributed by atoms with Gasteiger partial charge < -0.3 is 0 Å². The molecule has 0 saturated carbocycles. The molecule has 90 valence electrons. The van der Waals surface area contributed by atoms with E-state index in [9.17, 15) is 4.79 Å². The maximum Gasteiger partial charge on any atom is 0.350 e. The van der Waals surface area contributed by atoms with Crippen LogP contribution in [0.25, 0.3) is 0 Å². The van der Waals surface area contributed by atoms with Crippen molar-refractivity contribution in [2.24, 2.45) is 11.3 Å². The van der Waals surface area contributed by atoms with Gasteiger partial charge in [-0.3, -0.25) is 4.89 Å². The van der Waals surface area contributed by atoms with Crippen LogP contribution in [0.5, 0.6) is 0 Å². The van der Waals surface area contributed by atoms with Gasteiger partial charge in [-0.05, 0) is 45.6 Å². The van der Waals surface area contributed by atoms with Gasteiger partial charge in [0.25, 0.3) is 0 Å². The van der Waals surface area contributed by atoms with Crippen LogP contribution in [0.4, 0.5) is 0 Å². The molecule has 0 aliphatic heterocycles. The molecule has 0 amide bonds. The lowest BCUT2D eigenvalue weighted by molar-refractivity contribution is -0.522. The summed E-state index contributed by atoms with van der Waals surface area (Å²) < 4.78 is 0. The highest BCUT2D eigenvalue weighted by Crippen LogP contribution is 2.21. The van der Waals surface area contributed by atoms with Gasteiger partial charge >= 0.3 is 5.97 Å². The molecule has 0 aromatic heterocycles. The van der Waals surface area contributed by atoms with Crippen molar-refractivity contribution in [3.8, 4) is 0 Å². The molecule has 0 N–H and O–H groups in total. The minimum absolute atomic E-state index is 0.255. The van der Waals surface area contributed by atoms with Gasteiger partial charge in [-0.2, -0.15) is 4.89 Å². The van der Waals surface area contributed by atoms with Crippen molar-refractivity contribution in [2.45, 2.75) is 54.1 Å². The molecular weight excluding hydrogens is 196 g/mol. The van der Waals surface area contributed by atoms with Crippen LogP contribution >= 0.6 is 0 Å². The van der Waals surface area contributed by atoms with Gasteiger partial charge in [-0.1, -0.05) is 13.8 Å². The number of carbonyl (C=O) groups is 1. The molecule has 0 aliphatic carbocycles. The van der Waals surface area contributed by atoms with E-state index in [4.69, 9.17) is 4.89 Å². The van der Waals surface area contributed by atoms with E-state index >= 15 is 0 Å². The standard InChI is InChI=1S/C11H22O4/c1-8(2)11(6,7)14-15-13-9(12)10(3,4)5/h8H,1-7H3. The lowest BCUT2D eigenvalue weighted by Crippen LogP contribution is -2.32. The van der Waals surface area contributed by atoms with E-state index in [1.807, 2.05) is 27.7 Å². The molecule has 0 spiro atoms. The smallest absolute Gasteiger partial charge is 0.268 e. The molecule has 0 unspecified atom stereocenters. The second kappa shape index (κ2) is 4.94. The Kier molecular flexibility index (Phi) is 4.74. The van der Waals surface area contributed by atoms with Crippen LogP contribution in [0.15, 0.2) is 0 Å². The highest BCUT2D eigenvalue weighted by atomic mass is 17.5. The van der Waals surface area contributed by atoms with Crippen LogP contribution < -0.4 is 0 Å². The van der Waals surface area contributed by atoms with E-state index in [0.717, 1.165) is 0 Å². The fourth-order valence-corrected chi connectivity index (χ4v) is 0.357. The SMILES string of the molecule is CC(C)C(C)(C)OOOC(=O)C(C)(C)C. The summed E-state index contributed by atoms with van der Waals surface area (Å²) in [6, 6.07) is 0. The van der Waals surface area contributed by atoms with E-state index in [-0.39, 0.29) is 5.92 Å². The highest BCUT2D eigenvalue weighted by molar-refractivity contribution is 5.74. The second-order valence-corrected chi connectivity index (χ2v) is 5.53. The molecule has 0 bridgehead atoms. The first-order valence-electron chi connectivity index (χ1n) is 5.14. The van der Waals surface area contributed by atoms with Gasteiger partial charge in [0, 0.05) is 0 Å². The third-order valence-electron chi connectivity index (χ3n) is 2.36. The molecule has 0 aromatic rings. The molecule has 0 aliphatic rings. The topological polar surface area (TPSA) is 44.8 Å². The number of rotatable bonds is 4. The summed E-state index contributed by atoms with van der Waals surface area (Å²) in [7, 11) is 0. The molecule has 0 rings (SSSR count). The van der Waals surface area contributed by atoms with Gasteiger partial charge in [0.15, 0.2) is 0 Å². The van der Waals surface area contributed by atoms with Crippen LogP contribution in [0, 0.1) is 11.3 Å². The zero-order valence-electron chi connectivity index (χ0n) is 10.7. The largest absolute Gasteiger partial charge is 0.350 e. The first-order chi connectivity index (χ1) is 6.57. The monoisotopic (exact) mass is 218 g/mol. The summed E-state index contributed by atoms with van der Waals surface area (Å²) in [6.07, 6.45) is 0. The van der Waals surface area contributed by atoms with Crippen LogP contribution in [0.2, 0.25) is 0 Å². The zero-order chi connectivity index (χ0) is 12.3. The Morgan fingerprint density at radius 3 is 1.87 bits per heavy atom. The first-order valence-corrected chi connectivity index (χ1v) is 5.14. The van der Waals surface area contributed by atoms with Gasteiger partial charge in [0.1, 0.15) is 5.60 Å². The van der Waals surface area contributed by atoms with Crippen molar-refractivity contribution in [3.05, 3.63) is 0 Å². The molecule has 4 heteroatoms. The minimum Gasteiger partial charge on any atom is -0.268 e. The maximum atomic E-state index is 11.3. The molecule has 4 nitrogen and oxygen atoms in total. The number of hydrogen-bond acceptors (Lipinski definition) is 4. The fraction of sp³-hybridized carbons (Fsp3) is 0.909. The third kappa shape index (κ3) is 5.14. The Morgan fingerprint density at radius 1 is 1.07 bits per heavy atom. The Morgan fingerprint density at radius 2 is 1.53 bits per heavy atom. The molecule has 0 radical (unpaired) electrons. The second-order valence-electron chi connectivity index (χ2n) is 5.53. The minimum atomic E-state index is -0.592. The van der Waals surface area contributed by atoms with Crippen LogP contribution in [0.3, 0.4) is 0 Å². The van der Waals surface area contributed by atoms with Gasteiger partial charge in [0.2, 0.25) is 0 Å². The predicted molar refractivity (Wildman–Crippen MR) is 56.6 cm³/mol. The van der Waals surface area contributed by atoms with E-state index in [1.54, 1.807) is 20.8 Å². The third-order valence-corrected chi connectivity index (χ3v) is 2.36. The summed E-state index contributed by atoms with van der Waals surface area (Å²) in [5.41, 5.74) is -1.08. The van der Waals surface area contributed by atoms with E-state index in [2.05, 4.69) is 9.93 Å². The number of carbonyl (C=O) groups excluding carboxylic acids is 1. The summed E-state index contributed by atoms with van der Waals surface area (Å²) in [6.45, 7) is 12.9. The van der Waals surface area contributed by atoms with E-state index in [0.29, 0.717) is 0 Å². The summed E-state index contributed by atoms with van der Waals surface area (Å²) in [5, 5.41) is 4.50. The van der Waals surface area contributed by atoms with E-state index in [1.165, 1.54) is 0 Å². The molecule has 0 saturated heterocycles. The average molecular weight is 218 g/mol. The molecule has 0 heterocycles. The van der Waals surface area contributed by atoms with Gasteiger partial charge in [0.05, 0.1) is 5.41 Å². The number of hydrogen-bond donors (Lipinski definition) is 0. The Balaban J connectivity index is 3.96. The van der Waals surface area contributed by atoms with Crippen LogP contribution in [-0.2, 0) is 19.6 Å². The summed E-state index contributed by atoms with van der Waals surface area (Å²) >= 11 is 0. The molecular formula is C11H22O4. The summed E-state index contributed by atoms with van der Waals surface area (Å²) in [5.74, 6) is -0.201. The van der Waals surface area contributed by atoms with Crippen LogP contribution in [-0.4, -0.2) is 11.6 Å².